The summed E-state index contributed by atoms with van der Waals surface area (Å²) in [6, 6.07) is 3.68. The van der Waals surface area contributed by atoms with Gasteiger partial charge in [-0.2, -0.15) is 0 Å². The van der Waals surface area contributed by atoms with Crippen LogP contribution in [0.4, 0.5) is 0 Å². The number of hydrogen-bond acceptors (Lipinski definition) is 5. The maximum absolute atomic E-state index is 10.0. The van der Waals surface area contributed by atoms with E-state index >= 15 is 0 Å². The second-order valence-electron chi connectivity index (χ2n) is 3.78. The lowest BCUT2D eigenvalue weighted by Gasteiger charge is -2.16. The molecule has 1 aromatic rings. The quantitative estimate of drug-likeness (QED) is 0.352. The Morgan fingerprint density at radius 2 is 2.39 bits per heavy atom. The lowest BCUT2D eigenvalue weighted by molar-refractivity contribution is -0.402. The molecule has 98 valence electrons. The summed E-state index contributed by atoms with van der Waals surface area (Å²) >= 11 is 5.69. The summed E-state index contributed by atoms with van der Waals surface area (Å²) in [5.74, 6) is 0. The Labute approximate surface area is 110 Å². The van der Waals surface area contributed by atoms with Gasteiger partial charge in [0.25, 0.3) is 0 Å². The van der Waals surface area contributed by atoms with E-state index in [4.69, 9.17) is 11.6 Å². The Hall–Kier alpha value is -1.66. The predicted octanol–water partition coefficient (Wildman–Crippen LogP) is 1.50. The molecule has 18 heavy (non-hydrogen) atoms. The minimum absolute atomic E-state index is 0.480. The van der Waals surface area contributed by atoms with Crippen molar-refractivity contribution in [2.24, 2.45) is 0 Å². The zero-order chi connectivity index (χ0) is 13.4. The Morgan fingerprint density at radius 3 is 3.00 bits per heavy atom. The fourth-order valence-electron chi connectivity index (χ4n) is 1.34. The van der Waals surface area contributed by atoms with Gasteiger partial charge >= 0.3 is 0 Å². The molecule has 0 aliphatic heterocycles. The van der Waals surface area contributed by atoms with Crippen molar-refractivity contribution in [3.05, 3.63) is 51.6 Å². The van der Waals surface area contributed by atoms with Crippen LogP contribution in [0.1, 0.15) is 5.56 Å². The van der Waals surface area contributed by atoms with Crippen LogP contribution in [-0.4, -0.2) is 34.9 Å². The summed E-state index contributed by atoms with van der Waals surface area (Å²) < 4.78 is 0. The molecule has 0 fully saturated rings. The number of aromatic nitrogens is 1. The maximum atomic E-state index is 10.0. The van der Waals surface area contributed by atoms with Crippen molar-refractivity contribution in [3.63, 3.8) is 0 Å². The van der Waals surface area contributed by atoms with Crippen LogP contribution in [0.15, 0.2) is 30.7 Å². The molecule has 1 rings (SSSR count). The van der Waals surface area contributed by atoms with Gasteiger partial charge in [0.05, 0.1) is 11.1 Å². The molecule has 0 saturated carbocycles. The van der Waals surface area contributed by atoms with Crippen molar-refractivity contribution in [3.8, 4) is 0 Å². The molecule has 0 atom stereocenters. The molecule has 0 aromatic carbocycles. The summed E-state index contributed by atoms with van der Waals surface area (Å²) in [5.41, 5.74) is 1.07. The smallest absolute Gasteiger partial charge is 0.249 e. The molecule has 1 aromatic heterocycles. The molecule has 0 amide bonds. The first kappa shape index (κ1) is 14.4. The van der Waals surface area contributed by atoms with E-state index in [0.29, 0.717) is 11.7 Å². The third-order valence-corrected chi connectivity index (χ3v) is 2.42. The highest BCUT2D eigenvalue weighted by Crippen LogP contribution is 2.06. The molecule has 0 radical (unpaired) electrons. The summed E-state index contributed by atoms with van der Waals surface area (Å²) in [6.07, 6.45) is 3.94. The van der Waals surface area contributed by atoms with Gasteiger partial charge in [0.1, 0.15) is 5.15 Å². The molecule has 0 saturated heterocycles. The number of nitrogens with one attached hydrogen (secondary N) is 1. The third kappa shape index (κ3) is 6.17. The summed E-state index contributed by atoms with van der Waals surface area (Å²) in [7, 11) is 1.97. The number of nitrogens with zero attached hydrogens (tertiary/aromatic N) is 3. The van der Waals surface area contributed by atoms with Crippen molar-refractivity contribution in [2.75, 3.05) is 20.1 Å². The van der Waals surface area contributed by atoms with Crippen LogP contribution >= 0.6 is 11.6 Å². The van der Waals surface area contributed by atoms with Gasteiger partial charge < -0.3 is 10.2 Å². The Balaban J connectivity index is 2.23. The highest BCUT2D eigenvalue weighted by Gasteiger charge is 2.00. The molecule has 6 nitrogen and oxygen atoms in total. The van der Waals surface area contributed by atoms with Crippen LogP contribution in [0, 0.1) is 10.1 Å². The number of pyridine rings is 1. The van der Waals surface area contributed by atoms with Gasteiger partial charge in [0, 0.05) is 25.8 Å². The Morgan fingerprint density at radius 1 is 1.61 bits per heavy atom. The SMILES string of the molecule is CN(CCNC=C[N+](=O)[O-])Cc1ccc(Cl)nc1. The summed E-state index contributed by atoms with van der Waals surface area (Å²) in [5, 5.41) is 13.3. The van der Waals surface area contributed by atoms with Crippen molar-refractivity contribution in [2.45, 2.75) is 6.54 Å². The molecule has 7 heteroatoms. The number of hydrogen-bond donors (Lipinski definition) is 1. The first-order valence-electron chi connectivity index (χ1n) is 5.40. The first-order chi connectivity index (χ1) is 8.58. The van der Waals surface area contributed by atoms with Crippen LogP contribution < -0.4 is 5.32 Å². The number of likely N-dealkylation sites (N-methyl/N-ethyl adjacent to an activating group) is 1. The van der Waals surface area contributed by atoms with Crippen molar-refractivity contribution >= 4 is 11.6 Å². The zero-order valence-electron chi connectivity index (χ0n) is 10.0. The third-order valence-electron chi connectivity index (χ3n) is 2.19. The molecule has 0 unspecified atom stereocenters. The van der Waals surface area contributed by atoms with E-state index in [1.807, 2.05) is 13.1 Å². The first-order valence-corrected chi connectivity index (χ1v) is 5.78. The van der Waals surface area contributed by atoms with E-state index < -0.39 is 4.92 Å². The van der Waals surface area contributed by atoms with Crippen LogP contribution in [0.2, 0.25) is 5.15 Å². The molecule has 1 N–H and O–H groups in total. The maximum Gasteiger partial charge on any atom is 0.249 e. The normalized spacial score (nSPS) is 11.1. The second-order valence-corrected chi connectivity index (χ2v) is 4.17. The monoisotopic (exact) mass is 270 g/mol. The van der Waals surface area contributed by atoms with E-state index in [2.05, 4.69) is 15.2 Å². The molecule has 0 bridgehead atoms. The largest absolute Gasteiger partial charge is 0.385 e. The number of halogens is 1. The van der Waals surface area contributed by atoms with Gasteiger partial charge in [-0.25, -0.2) is 4.98 Å². The fourth-order valence-corrected chi connectivity index (χ4v) is 1.45. The summed E-state index contributed by atoms with van der Waals surface area (Å²) in [4.78, 5) is 15.6. The Bertz CT molecular complexity index is 408. The average molecular weight is 271 g/mol. The lowest BCUT2D eigenvalue weighted by atomic mass is 10.3. The molecule has 1 heterocycles. The van der Waals surface area contributed by atoms with E-state index in [9.17, 15) is 10.1 Å². The van der Waals surface area contributed by atoms with Crippen molar-refractivity contribution in [1.29, 1.82) is 0 Å². The van der Waals surface area contributed by atoms with Gasteiger partial charge in [-0.15, -0.1) is 0 Å². The lowest BCUT2D eigenvalue weighted by Crippen LogP contribution is -2.26. The van der Waals surface area contributed by atoms with Gasteiger partial charge in [0.15, 0.2) is 0 Å². The van der Waals surface area contributed by atoms with E-state index in [0.717, 1.165) is 24.9 Å². The molecular formula is C11H15ClN4O2. The van der Waals surface area contributed by atoms with E-state index in [-0.39, 0.29) is 0 Å². The van der Waals surface area contributed by atoms with Gasteiger partial charge in [-0.3, -0.25) is 10.1 Å². The van der Waals surface area contributed by atoms with Crippen LogP contribution in [0.3, 0.4) is 0 Å². The second kappa shape index (κ2) is 7.62. The van der Waals surface area contributed by atoms with Crippen LogP contribution in [0.25, 0.3) is 0 Å². The molecule has 0 spiro atoms. The highest BCUT2D eigenvalue weighted by molar-refractivity contribution is 6.29. The highest BCUT2D eigenvalue weighted by atomic mass is 35.5. The predicted molar refractivity (Wildman–Crippen MR) is 69.7 cm³/mol. The van der Waals surface area contributed by atoms with E-state index in [1.165, 1.54) is 6.20 Å². The Kier molecular flexibility index (Phi) is 6.10. The standard InChI is InChI=1S/C11H15ClN4O2/c1-15(6-4-13-5-7-16(17)18)9-10-2-3-11(12)14-8-10/h2-3,5,7-8,13H,4,6,9H2,1H3. The zero-order valence-corrected chi connectivity index (χ0v) is 10.8. The van der Waals surface area contributed by atoms with Crippen LogP contribution in [0.5, 0.6) is 0 Å². The van der Waals surface area contributed by atoms with Gasteiger partial charge in [0.2, 0.25) is 6.20 Å². The molecule has 0 aliphatic rings. The van der Waals surface area contributed by atoms with E-state index in [1.54, 1.807) is 12.3 Å². The fraction of sp³-hybridized carbons (Fsp3) is 0.364. The van der Waals surface area contributed by atoms with Crippen LogP contribution in [-0.2, 0) is 6.54 Å². The molecular weight excluding hydrogens is 256 g/mol. The van der Waals surface area contributed by atoms with Crippen molar-refractivity contribution in [1.82, 2.24) is 15.2 Å². The average Bonchev–Trinajstić information content (AvgIpc) is 2.31. The van der Waals surface area contributed by atoms with Crippen molar-refractivity contribution < 1.29 is 4.92 Å². The number of nitro groups is 1. The van der Waals surface area contributed by atoms with Gasteiger partial charge in [-0.1, -0.05) is 17.7 Å². The topological polar surface area (TPSA) is 71.3 Å². The minimum atomic E-state index is -0.504. The minimum Gasteiger partial charge on any atom is -0.385 e. The molecule has 0 aliphatic carbocycles. The summed E-state index contributed by atoms with van der Waals surface area (Å²) in [6.45, 7) is 2.16. The number of rotatable bonds is 7. The van der Waals surface area contributed by atoms with Gasteiger partial charge in [-0.05, 0) is 18.7 Å².